The van der Waals surface area contributed by atoms with Crippen LogP contribution in [-0.2, 0) is 6.42 Å². The first-order valence-electron chi connectivity index (χ1n) is 5.95. The monoisotopic (exact) mass is 210 g/mol. The Labute approximate surface area is 97.9 Å². The van der Waals surface area contributed by atoms with Crippen molar-refractivity contribution in [3.8, 4) is 0 Å². The molecule has 0 heterocycles. The van der Waals surface area contributed by atoms with Gasteiger partial charge in [-0.25, -0.2) is 0 Å². The molecule has 0 saturated carbocycles. The quantitative estimate of drug-likeness (QED) is 0.704. The zero-order valence-corrected chi connectivity index (χ0v) is 9.98. The van der Waals surface area contributed by atoms with Crippen molar-refractivity contribution < 1.29 is 0 Å². The van der Waals surface area contributed by atoms with Crippen molar-refractivity contribution in [2.75, 3.05) is 0 Å². The molecule has 0 aliphatic carbocycles. The van der Waals surface area contributed by atoms with E-state index < -0.39 is 0 Å². The van der Waals surface area contributed by atoms with Crippen molar-refractivity contribution in [2.45, 2.75) is 26.2 Å². The molecule has 0 unspecified atom stereocenters. The van der Waals surface area contributed by atoms with E-state index in [1.807, 2.05) is 0 Å². The summed E-state index contributed by atoms with van der Waals surface area (Å²) in [5.41, 5.74) is 4.21. The summed E-state index contributed by atoms with van der Waals surface area (Å²) in [4.78, 5) is 0. The number of rotatable bonds is 3. The van der Waals surface area contributed by atoms with Crippen LogP contribution in [0.5, 0.6) is 0 Å². The lowest BCUT2D eigenvalue weighted by Crippen LogP contribution is -1.96. The van der Waals surface area contributed by atoms with Crippen LogP contribution in [0.4, 0.5) is 0 Å². The third kappa shape index (κ3) is 2.33. The zero-order chi connectivity index (χ0) is 11.4. The van der Waals surface area contributed by atoms with Gasteiger partial charge in [0.1, 0.15) is 0 Å². The lowest BCUT2D eigenvalue weighted by atomic mass is 9.92. The third-order valence-corrected chi connectivity index (χ3v) is 3.16. The second-order valence-corrected chi connectivity index (χ2v) is 4.23. The van der Waals surface area contributed by atoms with Crippen molar-refractivity contribution >= 4 is 0 Å². The smallest absolute Gasteiger partial charge is 0.00611 e. The van der Waals surface area contributed by atoms with Crippen molar-refractivity contribution in [2.24, 2.45) is 0 Å². The van der Waals surface area contributed by atoms with Crippen LogP contribution in [0.3, 0.4) is 0 Å². The first-order chi connectivity index (χ1) is 7.81. The highest BCUT2D eigenvalue weighted by atomic mass is 14.1. The molecule has 2 aromatic rings. The van der Waals surface area contributed by atoms with Crippen LogP contribution < -0.4 is 0 Å². The van der Waals surface area contributed by atoms with Crippen LogP contribution in [0.15, 0.2) is 54.6 Å². The van der Waals surface area contributed by atoms with Gasteiger partial charge in [0.2, 0.25) is 0 Å². The Balaban J connectivity index is 2.30. The maximum absolute atomic E-state index is 2.32. The fourth-order valence-electron chi connectivity index (χ4n) is 2.02. The van der Waals surface area contributed by atoms with Crippen LogP contribution in [0.1, 0.15) is 36.5 Å². The van der Waals surface area contributed by atoms with Crippen LogP contribution >= 0.6 is 0 Å². The summed E-state index contributed by atoms with van der Waals surface area (Å²) in [6.07, 6.45) is 1.11. The zero-order valence-electron chi connectivity index (χ0n) is 9.98. The van der Waals surface area contributed by atoms with E-state index in [9.17, 15) is 0 Å². The summed E-state index contributed by atoms with van der Waals surface area (Å²) in [5.74, 6) is 0.479. The third-order valence-electron chi connectivity index (χ3n) is 3.16. The molecule has 0 saturated heterocycles. The molecule has 0 N–H and O–H groups in total. The molecule has 0 amide bonds. The second kappa shape index (κ2) is 4.98. The highest BCUT2D eigenvalue weighted by molar-refractivity contribution is 5.34. The molecule has 0 fully saturated rings. The van der Waals surface area contributed by atoms with E-state index >= 15 is 0 Å². The molecular weight excluding hydrogens is 192 g/mol. The molecule has 0 aromatic heterocycles. The number of hydrogen-bond donors (Lipinski definition) is 0. The predicted octanol–water partition coefficient (Wildman–Crippen LogP) is 4.40. The van der Waals surface area contributed by atoms with Gasteiger partial charge in [0, 0.05) is 5.92 Å². The Hall–Kier alpha value is -1.56. The second-order valence-electron chi connectivity index (χ2n) is 4.23. The topological polar surface area (TPSA) is 0 Å². The molecule has 0 radical (unpaired) electrons. The fraction of sp³-hybridized carbons (Fsp3) is 0.250. The molecule has 2 aromatic carbocycles. The molecule has 0 bridgehead atoms. The number of hydrogen-bond acceptors (Lipinski definition) is 0. The largest absolute Gasteiger partial charge is 0.0622 e. The van der Waals surface area contributed by atoms with Gasteiger partial charge in [0.25, 0.3) is 0 Å². The molecule has 0 heteroatoms. The lowest BCUT2D eigenvalue weighted by Gasteiger charge is -2.13. The van der Waals surface area contributed by atoms with Gasteiger partial charge in [-0.1, -0.05) is 68.4 Å². The van der Waals surface area contributed by atoms with Crippen LogP contribution in [0, 0.1) is 0 Å². The number of aryl methyl sites for hydroxylation is 1. The lowest BCUT2D eigenvalue weighted by molar-refractivity contribution is 0.916. The minimum Gasteiger partial charge on any atom is -0.0622 e. The fourth-order valence-corrected chi connectivity index (χ4v) is 2.02. The van der Waals surface area contributed by atoms with Gasteiger partial charge in [0.05, 0.1) is 0 Å². The number of benzene rings is 2. The molecule has 1 atom stereocenters. The molecule has 82 valence electrons. The molecule has 0 aliphatic heterocycles. The Morgan fingerprint density at radius 1 is 0.875 bits per heavy atom. The summed E-state index contributed by atoms with van der Waals surface area (Å²) < 4.78 is 0. The first-order valence-corrected chi connectivity index (χ1v) is 5.95. The van der Waals surface area contributed by atoms with E-state index in [0.717, 1.165) is 6.42 Å². The van der Waals surface area contributed by atoms with E-state index in [-0.39, 0.29) is 0 Å². The minimum absolute atomic E-state index is 0.479. The van der Waals surface area contributed by atoms with Gasteiger partial charge in [-0.3, -0.25) is 0 Å². The molecule has 16 heavy (non-hydrogen) atoms. The van der Waals surface area contributed by atoms with E-state index in [4.69, 9.17) is 0 Å². The van der Waals surface area contributed by atoms with Crippen molar-refractivity contribution in [1.29, 1.82) is 0 Å². The maximum atomic E-state index is 2.32. The minimum atomic E-state index is 0.479. The average Bonchev–Trinajstić information content (AvgIpc) is 2.39. The summed E-state index contributed by atoms with van der Waals surface area (Å²) in [5, 5.41) is 0. The highest BCUT2D eigenvalue weighted by Crippen LogP contribution is 2.24. The molecule has 0 aliphatic rings. The van der Waals surface area contributed by atoms with Crippen molar-refractivity contribution in [3.05, 3.63) is 71.3 Å². The van der Waals surface area contributed by atoms with Crippen LogP contribution in [-0.4, -0.2) is 0 Å². The normalized spacial score (nSPS) is 12.4. The molecule has 2 rings (SSSR count). The van der Waals surface area contributed by atoms with E-state index in [1.54, 1.807) is 0 Å². The Morgan fingerprint density at radius 3 is 2.25 bits per heavy atom. The molecule has 0 spiro atoms. The molecule has 0 nitrogen and oxygen atoms in total. The SMILES string of the molecule is CCc1cccc([C@H](C)c2ccccc2)c1. The molecular formula is C16H18. The van der Waals surface area contributed by atoms with Gasteiger partial charge in [0.15, 0.2) is 0 Å². The Kier molecular flexibility index (Phi) is 3.40. The average molecular weight is 210 g/mol. The van der Waals surface area contributed by atoms with Gasteiger partial charge < -0.3 is 0 Å². The predicted molar refractivity (Wildman–Crippen MR) is 69.8 cm³/mol. The van der Waals surface area contributed by atoms with Crippen molar-refractivity contribution in [3.63, 3.8) is 0 Å². The van der Waals surface area contributed by atoms with E-state index in [0.29, 0.717) is 5.92 Å². The summed E-state index contributed by atoms with van der Waals surface area (Å²) in [7, 11) is 0. The van der Waals surface area contributed by atoms with Gasteiger partial charge >= 0.3 is 0 Å². The first kappa shape index (κ1) is 10.9. The van der Waals surface area contributed by atoms with Gasteiger partial charge in [-0.15, -0.1) is 0 Å². The van der Waals surface area contributed by atoms with Gasteiger partial charge in [-0.05, 0) is 23.1 Å². The summed E-state index contributed by atoms with van der Waals surface area (Å²) in [6, 6.07) is 19.6. The Morgan fingerprint density at radius 2 is 1.56 bits per heavy atom. The standard InChI is InChI=1S/C16H18/c1-3-14-8-7-11-16(12-14)13(2)15-9-5-4-6-10-15/h4-13H,3H2,1-2H3/t13-/m1/s1. The van der Waals surface area contributed by atoms with E-state index in [1.165, 1.54) is 16.7 Å². The van der Waals surface area contributed by atoms with Gasteiger partial charge in [-0.2, -0.15) is 0 Å². The highest BCUT2D eigenvalue weighted by Gasteiger charge is 2.07. The van der Waals surface area contributed by atoms with Crippen molar-refractivity contribution in [1.82, 2.24) is 0 Å². The summed E-state index contributed by atoms with van der Waals surface area (Å²) >= 11 is 0. The Bertz CT molecular complexity index is 443. The summed E-state index contributed by atoms with van der Waals surface area (Å²) in [6.45, 7) is 4.47. The van der Waals surface area contributed by atoms with Crippen LogP contribution in [0.2, 0.25) is 0 Å². The maximum Gasteiger partial charge on any atom is 0.00611 e. The van der Waals surface area contributed by atoms with E-state index in [2.05, 4.69) is 68.4 Å². The van der Waals surface area contributed by atoms with Crippen LogP contribution in [0.25, 0.3) is 0 Å².